The molecule has 2 N–H and O–H groups in total. The third-order valence-corrected chi connectivity index (χ3v) is 6.24. The summed E-state index contributed by atoms with van der Waals surface area (Å²) in [7, 11) is 0. The van der Waals surface area contributed by atoms with E-state index in [0.717, 1.165) is 22.4 Å². The monoisotopic (exact) mass is 462 g/mol. The van der Waals surface area contributed by atoms with Crippen molar-refractivity contribution >= 4 is 5.91 Å². The zero-order valence-electron chi connectivity index (χ0n) is 19.4. The van der Waals surface area contributed by atoms with Crippen LogP contribution in [-0.2, 0) is 24.2 Å². The van der Waals surface area contributed by atoms with Crippen molar-refractivity contribution in [3.63, 3.8) is 0 Å². The molecule has 2 atom stereocenters. The number of rotatable bonds is 9. The van der Waals surface area contributed by atoms with Gasteiger partial charge >= 0.3 is 0 Å². The summed E-state index contributed by atoms with van der Waals surface area (Å²) in [5, 5.41) is 13.7. The van der Waals surface area contributed by atoms with Gasteiger partial charge in [-0.3, -0.25) is 9.69 Å². The van der Waals surface area contributed by atoms with Gasteiger partial charge in [0.05, 0.1) is 6.04 Å². The summed E-state index contributed by atoms with van der Waals surface area (Å²) in [6, 6.07) is 21.8. The lowest BCUT2D eigenvalue weighted by atomic mass is 9.93. The van der Waals surface area contributed by atoms with Crippen LogP contribution in [0.3, 0.4) is 0 Å². The van der Waals surface area contributed by atoms with Crippen molar-refractivity contribution < 1.29 is 19.0 Å². The minimum absolute atomic E-state index is 0.0661. The van der Waals surface area contributed by atoms with Crippen LogP contribution in [0.25, 0.3) is 0 Å². The van der Waals surface area contributed by atoms with Crippen molar-refractivity contribution in [1.82, 2.24) is 10.2 Å². The van der Waals surface area contributed by atoms with Crippen LogP contribution in [-0.4, -0.2) is 47.8 Å². The molecule has 1 amide bonds. The molecule has 6 heteroatoms. The summed E-state index contributed by atoms with van der Waals surface area (Å²) in [6.07, 6.45) is 0.478. The molecular formula is C28H31FN2O3. The Kier molecular flexibility index (Phi) is 7.93. The van der Waals surface area contributed by atoms with Crippen molar-refractivity contribution in [3.8, 4) is 5.75 Å². The number of hydrogen-bond acceptors (Lipinski definition) is 4. The van der Waals surface area contributed by atoms with E-state index in [9.17, 15) is 14.3 Å². The summed E-state index contributed by atoms with van der Waals surface area (Å²) in [5.74, 6) is 0.415. The van der Waals surface area contributed by atoms with E-state index in [1.165, 1.54) is 17.7 Å². The van der Waals surface area contributed by atoms with Gasteiger partial charge in [-0.2, -0.15) is 0 Å². The summed E-state index contributed by atoms with van der Waals surface area (Å²) < 4.78 is 18.9. The maximum atomic E-state index is 13.1. The number of nitrogens with zero attached hydrogens (tertiary/aromatic N) is 1. The molecule has 0 fully saturated rings. The van der Waals surface area contributed by atoms with Crippen LogP contribution in [0.2, 0.25) is 0 Å². The van der Waals surface area contributed by atoms with Crippen LogP contribution in [0, 0.1) is 12.7 Å². The Morgan fingerprint density at radius 3 is 2.56 bits per heavy atom. The number of ether oxygens (including phenoxy) is 1. The SMILES string of the molecule is Cc1ccccc1OCC(O)CN1Cc2ccccc2CC1C(=O)NCCc1ccc(F)cc1. The number of β-amino-alcohol motifs (C(OH)–C–C–N with tert-alkyl or cyclic N) is 1. The fraction of sp³-hybridized carbons (Fsp3) is 0.321. The molecule has 1 aliphatic rings. The standard InChI is InChI=1S/C28H31FN2O3/c1-20-6-2-5-9-27(20)34-19-25(32)18-31-17-23-8-4-3-7-22(23)16-26(31)28(33)30-15-14-21-10-12-24(29)13-11-21/h2-13,25-26,32H,14-19H2,1H3,(H,30,33). The number of nitrogens with one attached hydrogen (secondary N) is 1. The van der Waals surface area contributed by atoms with Crippen LogP contribution >= 0.6 is 0 Å². The molecule has 0 radical (unpaired) electrons. The largest absolute Gasteiger partial charge is 0.491 e. The highest BCUT2D eigenvalue weighted by molar-refractivity contribution is 5.82. The molecule has 0 spiro atoms. The molecule has 178 valence electrons. The Bertz CT molecular complexity index is 1100. The second-order valence-corrected chi connectivity index (χ2v) is 8.82. The second-order valence-electron chi connectivity index (χ2n) is 8.82. The maximum Gasteiger partial charge on any atom is 0.237 e. The lowest BCUT2D eigenvalue weighted by Crippen LogP contribution is -2.53. The van der Waals surface area contributed by atoms with Crippen molar-refractivity contribution in [2.45, 2.75) is 38.5 Å². The van der Waals surface area contributed by atoms with Crippen LogP contribution in [0.1, 0.15) is 22.3 Å². The Balaban J connectivity index is 1.38. The van der Waals surface area contributed by atoms with Gasteiger partial charge < -0.3 is 15.2 Å². The number of carbonyl (C=O) groups excluding carboxylic acids is 1. The number of aliphatic hydroxyl groups excluding tert-OH is 1. The van der Waals surface area contributed by atoms with Crippen LogP contribution < -0.4 is 10.1 Å². The molecule has 0 bridgehead atoms. The average Bonchev–Trinajstić information content (AvgIpc) is 2.84. The van der Waals surface area contributed by atoms with Gasteiger partial charge in [-0.25, -0.2) is 4.39 Å². The Hall–Kier alpha value is -3.22. The molecule has 0 aromatic heterocycles. The van der Waals surface area contributed by atoms with Crippen LogP contribution in [0.5, 0.6) is 5.75 Å². The summed E-state index contributed by atoms with van der Waals surface area (Å²) in [6.45, 7) is 3.51. The molecular weight excluding hydrogens is 431 g/mol. The van der Waals surface area contributed by atoms with Crippen LogP contribution in [0.4, 0.5) is 4.39 Å². The summed E-state index contributed by atoms with van der Waals surface area (Å²) in [4.78, 5) is 15.2. The van der Waals surface area contributed by atoms with E-state index in [1.807, 2.05) is 48.2 Å². The molecule has 3 aromatic rings. The van der Waals surface area contributed by atoms with E-state index < -0.39 is 6.10 Å². The quantitative estimate of drug-likeness (QED) is 0.510. The first-order valence-corrected chi connectivity index (χ1v) is 11.7. The molecule has 4 rings (SSSR count). The van der Waals surface area contributed by atoms with Gasteiger partial charge in [0.1, 0.15) is 24.3 Å². The lowest BCUT2D eigenvalue weighted by molar-refractivity contribution is -0.127. The number of halogens is 1. The third-order valence-electron chi connectivity index (χ3n) is 6.24. The van der Waals surface area contributed by atoms with Gasteiger partial charge in [0.25, 0.3) is 0 Å². The average molecular weight is 463 g/mol. The first kappa shape index (κ1) is 23.9. The number of amides is 1. The Labute approximate surface area is 200 Å². The van der Waals surface area contributed by atoms with E-state index >= 15 is 0 Å². The number of hydrogen-bond donors (Lipinski definition) is 2. The number of aliphatic hydroxyl groups is 1. The Morgan fingerprint density at radius 1 is 1.09 bits per heavy atom. The van der Waals surface area contributed by atoms with Crippen LogP contribution in [0.15, 0.2) is 72.8 Å². The van der Waals surface area contributed by atoms with E-state index in [4.69, 9.17) is 4.74 Å². The fourth-order valence-corrected chi connectivity index (χ4v) is 4.35. The molecule has 1 heterocycles. The highest BCUT2D eigenvalue weighted by Gasteiger charge is 2.32. The first-order valence-electron chi connectivity index (χ1n) is 11.7. The van der Waals surface area contributed by atoms with Crippen molar-refractivity contribution in [1.29, 1.82) is 0 Å². The molecule has 5 nitrogen and oxygen atoms in total. The van der Waals surface area contributed by atoms with Crippen molar-refractivity contribution in [3.05, 3.63) is 101 Å². The van der Waals surface area contributed by atoms with Gasteiger partial charge in [0.2, 0.25) is 5.91 Å². The van der Waals surface area contributed by atoms with E-state index in [2.05, 4.69) is 17.4 Å². The number of para-hydroxylation sites is 1. The molecule has 0 aliphatic carbocycles. The molecule has 34 heavy (non-hydrogen) atoms. The van der Waals surface area contributed by atoms with Gasteiger partial charge in [0, 0.05) is 19.6 Å². The fourth-order valence-electron chi connectivity index (χ4n) is 4.35. The van der Waals surface area contributed by atoms with Crippen molar-refractivity contribution in [2.75, 3.05) is 19.7 Å². The molecule has 1 aliphatic heterocycles. The topological polar surface area (TPSA) is 61.8 Å². The number of aryl methyl sites for hydroxylation is 1. The molecule has 0 saturated carbocycles. The predicted octanol–water partition coefficient (Wildman–Crippen LogP) is 3.66. The minimum atomic E-state index is -0.737. The summed E-state index contributed by atoms with van der Waals surface area (Å²) in [5.41, 5.74) is 4.31. The lowest BCUT2D eigenvalue weighted by Gasteiger charge is -2.37. The zero-order chi connectivity index (χ0) is 23.9. The highest BCUT2D eigenvalue weighted by atomic mass is 19.1. The smallest absolute Gasteiger partial charge is 0.237 e. The van der Waals surface area contributed by atoms with E-state index in [-0.39, 0.29) is 24.4 Å². The Morgan fingerprint density at radius 2 is 1.79 bits per heavy atom. The van der Waals surface area contributed by atoms with Gasteiger partial charge in [0.15, 0.2) is 0 Å². The number of fused-ring (bicyclic) bond motifs is 1. The predicted molar refractivity (Wildman–Crippen MR) is 130 cm³/mol. The zero-order valence-corrected chi connectivity index (χ0v) is 19.4. The normalized spacial score (nSPS) is 16.5. The number of carbonyl (C=O) groups is 1. The second kappa shape index (κ2) is 11.3. The maximum absolute atomic E-state index is 13.1. The molecule has 2 unspecified atom stereocenters. The van der Waals surface area contributed by atoms with E-state index in [0.29, 0.717) is 32.5 Å². The summed E-state index contributed by atoms with van der Waals surface area (Å²) >= 11 is 0. The molecule has 0 saturated heterocycles. The van der Waals surface area contributed by atoms with Crippen molar-refractivity contribution in [2.24, 2.45) is 0 Å². The number of benzene rings is 3. The first-order chi connectivity index (χ1) is 16.5. The minimum Gasteiger partial charge on any atom is -0.491 e. The molecule has 3 aromatic carbocycles. The third kappa shape index (κ3) is 6.22. The van der Waals surface area contributed by atoms with Gasteiger partial charge in [-0.1, -0.05) is 54.6 Å². The van der Waals surface area contributed by atoms with E-state index in [1.54, 1.807) is 12.1 Å². The van der Waals surface area contributed by atoms with Gasteiger partial charge in [-0.05, 0) is 60.2 Å². The van der Waals surface area contributed by atoms with Gasteiger partial charge in [-0.15, -0.1) is 0 Å². The highest BCUT2D eigenvalue weighted by Crippen LogP contribution is 2.24.